The number of hydrogen-bond acceptors (Lipinski definition) is 4. The van der Waals surface area contributed by atoms with E-state index in [1.807, 2.05) is 0 Å². The standard InChI is InChI=1S/C16H13FN2OS/c17-12-6-2-1-4-10(12)8-20-15-14-11-5-3-7-13(11)21-16(14)19-9-18-15/h1-2,4,6,9H,3,5,7-8H2. The molecular weight excluding hydrogens is 287 g/mol. The lowest BCUT2D eigenvalue weighted by Gasteiger charge is -2.07. The van der Waals surface area contributed by atoms with Crippen molar-refractivity contribution in [2.75, 3.05) is 0 Å². The zero-order valence-electron chi connectivity index (χ0n) is 11.3. The normalized spacial score (nSPS) is 13.6. The summed E-state index contributed by atoms with van der Waals surface area (Å²) in [6.07, 6.45) is 4.87. The van der Waals surface area contributed by atoms with Crippen molar-refractivity contribution in [2.24, 2.45) is 0 Å². The number of ether oxygens (including phenoxy) is 1. The van der Waals surface area contributed by atoms with Crippen molar-refractivity contribution in [1.29, 1.82) is 0 Å². The molecule has 0 saturated carbocycles. The number of hydrogen-bond donors (Lipinski definition) is 0. The van der Waals surface area contributed by atoms with E-state index < -0.39 is 0 Å². The Morgan fingerprint density at radius 1 is 1.19 bits per heavy atom. The van der Waals surface area contributed by atoms with Crippen molar-refractivity contribution in [2.45, 2.75) is 25.9 Å². The van der Waals surface area contributed by atoms with Gasteiger partial charge in [-0.05, 0) is 30.9 Å². The van der Waals surface area contributed by atoms with E-state index in [2.05, 4.69) is 9.97 Å². The number of aryl methyl sites for hydroxylation is 2. The molecule has 0 N–H and O–H groups in total. The molecule has 0 aliphatic heterocycles. The van der Waals surface area contributed by atoms with Crippen LogP contribution < -0.4 is 4.74 Å². The molecule has 0 amide bonds. The minimum atomic E-state index is -0.252. The highest BCUT2D eigenvalue weighted by atomic mass is 32.1. The number of benzene rings is 1. The highest BCUT2D eigenvalue weighted by Gasteiger charge is 2.21. The van der Waals surface area contributed by atoms with Gasteiger partial charge in [0.15, 0.2) is 0 Å². The monoisotopic (exact) mass is 300 g/mol. The first kappa shape index (κ1) is 12.7. The predicted molar refractivity (Wildman–Crippen MR) is 80.2 cm³/mol. The largest absolute Gasteiger partial charge is 0.472 e. The van der Waals surface area contributed by atoms with Crippen LogP contribution in [0.3, 0.4) is 0 Å². The lowest BCUT2D eigenvalue weighted by Crippen LogP contribution is -2.00. The van der Waals surface area contributed by atoms with E-state index in [9.17, 15) is 4.39 Å². The van der Waals surface area contributed by atoms with E-state index in [0.29, 0.717) is 11.4 Å². The molecule has 2 heterocycles. The van der Waals surface area contributed by atoms with Crippen molar-refractivity contribution in [3.63, 3.8) is 0 Å². The zero-order chi connectivity index (χ0) is 14.2. The van der Waals surface area contributed by atoms with Crippen molar-refractivity contribution in [3.8, 4) is 5.88 Å². The van der Waals surface area contributed by atoms with Crippen LogP contribution >= 0.6 is 11.3 Å². The Morgan fingerprint density at radius 2 is 2.10 bits per heavy atom. The third kappa shape index (κ3) is 2.17. The highest BCUT2D eigenvalue weighted by molar-refractivity contribution is 7.18. The maximum atomic E-state index is 13.7. The second kappa shape index (κ2) is 5.07. The molecular formula is C16H13FN2OS. The maximum Gasteiger partial charge on any atom is 0.225 e. The quantitative estimate of drug-likeness (QED) is 0.736. The Bertz CT molecular complexity index is 815. The molecule has 3 nitrogen and oxygen atoms in total. The van der Waals surface area contributed by atoms with E-state index >= 15 is 0 Å². The number of aromatic nitrogens is 2. The molecule has 0 atom stereocenters. The Labute approximate surface area is 125 Å². The van der Waals surface area contributed by atoms with Crippen LogP contribution in [-0.2, 0) is 19.4 Å². The van der Waals surface area contributed by atoms with E-state index in [-0.39, 0.29) is 12.4 Å². The van der Waals surface area contributed by atoms with Gasteiger partial charge >= 0.3 is 0 Å². The first-order chi connectivity index (χ1) is 10.3. The first-order valence-electron chi connectivity index (χ1n) is 6.94. The van der Waals surface area contributed by atoms with Gasteiger partial charge in [-0.3, -0.25) is 0 Å². The summed E-state index contributed by atoms with van der Waals surface area (Å²) in [7, 11) is 0. The van der Waals surface area contributed by atoms with Gasteiger partial charge in [-0.2, -0.15) is 0 Å². The molecule has 0 radical (unpaired) electrons. The lowest BCUT2D eigenvalue weighted by atomic mass is 10.2. The molecule has 3 aromatic rings. The van der Waals surface area contributed by atoms with Crippen LogP contribution in [0.25, 0.3) is 10.2 Å². The molecule has 1 aliphatic carbocycles. The van der Waals surface area contributed by atoms with Gasteiger partial charge in [-0.25, -0.2) is 14.4 Å². The van der Waals surface area contributed by atoms with Gasteiger partial charge in [0.05, 0.1) is 5.39 Å². The van der Waals surface area contributed by atoms with Gasteiger partial charge in [0.25, 0.3) is 0 Å². The molecule has 0 bridgehead atoms. The van der Waals surface area contributed by atoms with Gasteiger partial charge in [0, 0.05) is 10.4 Å². The fourth-order valence-electron chi connectivity index (χ4n) is 2.77. The van der Waals surface area contributed by atoms with Gasteiger partial charge in [-0.1, -0.05) is 18.2 Å². The highest BCUT2D eigenvalue weighted by Crippen LogP contribution is 2.39. The first-order valence-corrected chi connectivity index (χ1v) is 7.76. The molecule has 1 aliphatic rings. The number of thiophene rings is 1. The van der Waals surface area contributed by atoms with Crippen molar-refractivity contribution >= 4 is 21.6 Å². The summed E-state index contributed by atoms with van der Waals surface area (Å²) < 4.78 is 19.4. The third-order valence-electron chi connectivity index (χ3n) is 3.79. The molecule has 106 valence electrons. The van der Waals surface area contributed by atoms with Gasteiger partial charge < -0.3 is 4.74 Å². The summed E-state index contributed by atoms with van der Waals surface area (Å²) in [5, 5.41) is 1.02. The second-order valence-corrected chi connectivity index (χ2v) is 6.18. The Morgan fingerprint density at radius 3 is 3.00 bits per heavy atom. The zero-order valence-corrected chi connectivity index (χ0v) is 12.1. The predicted octanol–water partition coefficient (Wildman–Crippen LogP) is 3.90. The van der Waals surface area contributed by atoms with Crippen LogP contribution in [0, 0.1) is 5.82 Å². The van der Waals surface area contributed by atoms with Crippen LogP contribution in [0.4, 0.5) is 4.39 Å². The van der Waals surface area contributed by atoms with Gasteiger partial charge in [-0.15, -0.1) is 11.3 Å². The average molecular weight is 300 g/mol. The molecule has 4 rings (SSSR count). The summed E-state index contributed by atoms with van der Waals surface area (Å²) in [5.41, 5.74) is 1.86. The molecule has 5 heteroatoms. The Kier molecular flexibility index (Phi) is 3.07. The van der Waals surface area contributed by atoms with Crippen molar-refractivity contribution < 1.29 is 9.13 Å². The molecule has 0 fully saturated rings. The van der Waals surface area contributed by atoms with Crippen LogP contribution in [0.1, 0.15) is 22.4 Å². The van der Waals surface area contributed by atoms with E-state index in [4.69, 9.17) is 4.74 Å². The summed E-state index contributed by atoms with van der Waals surface area (Å²) >= 11 is 1.72. The van der Waals surface area contributed by atoms with E-state index in [0.717, 1.165) is 23.1 Å². The number of rotatable bonds is 3. The van der Waals surface area contributed by atoms with Crippen molar-refractivity contribution in [3.05, 3.63) is 52.4 Å². The summed E-state index contributed by atoms with van der Waals surface area (Å²) in [5.74, 6) is 0.320. The van der Waals surface area contributed by atoms with Gasteiger partial charge in [0.1, 0.15) is 23.6 Å². The molecule has 1 aromatic carbocycles. The van der Waals surface area contributed by atoms with Crippen LogP contribution in [0.5, 0.6) is 5.88 Å². The van der Waals surface area contributed by atoms with Gasteiger partial charge in [0.2, 0.25) is 5.88 Å². The van der Waals surface area contributed by atoms with Crippen LogP contribution in [0.15, 0.2) is 30.6 Å². The minimum absolute atomic E-state index is 0.184. The lowest BCUT2D eigenvalue weighted by molar-refractivity contribution is 0.291. The molecule has 2 aromatic heterocycles. The smallest absolute Gasteiger partial charge is 0.225 e. The molecule has 0 spiro atoms. The fraction of sp³-hybridized carbons (Fsp3) is 0.250. The average Bonchev–Trinajstić information content (AvgIpc) is 3.07. The van der Waals surface area contributed by atoms with E-state index in [1.165, 1.54) is 29.3 Å². The SMILES string of the molecule is Fc1ccccc1COc1ncnc2sc3c(c12)CCC3. The van der Waals surface area contributed by atoms with Crippen LogP contribution in [-0.4, -0.2) is 9.97 Å². The second-order valence-electron chi connectivity index (χ2n) is 5.10. The maximum absolute atomic E-state index is 13.7. The Hall–Kier alpha value is -2.01. The summed E-state index contributed by atoms with van der Waals surface area (Å²) in [6.45, 7) is 0.184. The topological polar surface area (TPSA) is 35.0 Å². The third-order valence-corrected chi connectivity index (χ3v) is 4.99. The number of nitrogens with zero attached hydrogens (tertiary/aromatic N) is 2. The van der Waals surface area contributed by atoms with Crippen molar-refractivity contribution in [1.82, 2.24) is 9.97 Å². The van der Waals surface area contributed by atoms with Crippen LogP contribution in [0.2, 0.25) is 0 Å². The number of halogens is 1. The summed E-state index contributed by atoms with van der Waals surface area (Å²) in [6, 6.07) is 6.65. The summed E-state index contributed by atoms with van der Waals surface area (Å²) in [4.78, 5) is 10.9. The molecule has 0 saturated heterocycles. The Balaban J connectivity index is 1.69. The molecule has 0 unspecified atom stereocenters. The fourth-order valence-corrected chi connectivity index (χ4v) is 3.99. The minimum Gasteiger partial charge on any atom is -0.472 e. The number of fused-ring (bicyclic) bond motifs is 3. The molecule has 21 heavy (non-hydrogen) atoms. The van der Waals surface area contributed by atoms with E-state index in [1.54, 1.807) is 29.5 Å².